The zero-order valence-corrected chi connectivity index (χ0v) is 13.0. The molecule has 1 aromatic heterocycles. The summed E-state index contributed by atoms with van der Waals surface area (Å²) in [6, 6.07) is 2.95. The summed E-state index contributed by atoms with van der Waals surface area (Å²) < 4.78 is 7.04. The van der Waals surface area contributed by atoms with Crippen molar-refractivity contribution < 1.29 is 4.74 Å². The van der Waals surface area contributed by atoms with Gasteiger partial charge in [-0.1, -0.05) is 0 Å². The van der Waals surface area contributed by atoms with Crippen LogP contribution >= 0.6 is 27.3 Å². The Kier molecular flexibility index (Phi) is 4.09. The highest BCUT2D eigenvalue weighted by Gasteiger charge is 2.35. The van der Waals surface area contributed by atoms with E-state index in [0.29, 0.717) is 5.41 Å². The molecule has 1 saturated carbocycles. The van der Waals surface area contributed by atoms with Crippen LogP contribution in [0.4, 0.5) is 0 Å². The van der Waals surface area contributed by atoms with Crippen LogP contribution in [0.2, 0.25) is 0 Å². The predicted octanol–water partition coefficient (Wildman–Crippen LogP) is 3.60. The summed E-state index contributed by atoms with van der Waals surface area (Å²) in [4.78, 5) is 1.47. The van der Waals surface area contributed by atoms with Crippen molar-refractivity contribution in [2.45, 2.75) is 38.1 Å². The van der Waals surface area contributed by atoms with Crippen LogP contribution in [0, 0.1) is 5.41 Å². The van der Waals surface area contributed by atoms with E-state index in [1.165, 1.54) is 35.0 Å². The van der Waals surface area contributed by atoms with E-state index < -0.39 is 0 Å². The van der Waals surface area contributed by atoms with E-state index >= 15 is 0 Å². The Morgan fingerprint density at radius 3 is 3.00 bits per heavy atom. The van der Waals surface area contributed by atoms with Crippen molar-refractivity contribution in [1.29, 1.82) is 0 Å². The van der Waals surface area contributed by atoms with E-state index in [1.807, 2.05) is 11.3 Å². The second-order valence-corrected chi connectivity index (χ2v) is 7.53. The monoisotopic (exact) mass is 329 g/mol. The molecule has 1 N–H and O–H groups in total. The van der Waals surface area contributed by atoms with Crippen LogP contribution in [-0.4, -0.2) is 25.8 Å². The Labute approximate surface area is 121 Å². The van der Waals surface area contributed by atoms with Gasteiger partial charge >= 0.3 is 0 Å². The molecule has 3 rings (SSSR count). The van der Waals surface area contributed by atoms with E-state index in [-0.39, 0.29) is 0 Å². The first-order valence-corrected chi connectivity index (χ1v) is 8.48. The first kappa shape index (κ1) is 13.1. The third-order valence-corrected chi connectivity index (χ3v) is 5.90. The van der Waals surface area contributed by atoms with Crippen molar-refractivity contribution >= 4 is 27.3 Å². The lowest BCUT2D eigenvalue weighted by atomic mass is 9.79. The average Bonchev–Trinajstić information content (AvgIpc) is 3.14. The van der Waals surface area contributed by atoms with Crippen LogP contribution in [0.3, 0.4) is 0 Å². The largest absolute Gasteiger partial charge is 0.381 e. The van der Waals surface area contributed by atoms with E-state index in [1.54, 1.807) is 0 Å². The Bertz CT molecular complexity index is 396. The minimum Gasteiger partial charge on any atom is -0.381 e. The quantitative estimate of drug-likeness (QED) is 0.891. The number of ether oxygens (including phenoxy) is 1. The van der Waals surface area contributed by atoms with Gasteiger partial charge in [0.25, 0.3) is 0 Å². The van der Waals surface area contributed by atoms with Crippen LogP contribution in [-0.2, 0) is 11.2 Å². The van der Waals surface area contributed by atoms with Crippen molar-refractivity contribution in [3.63, 3.8) is 0 Å². The summed E-state index contributed by atoms with van der Waals surface area (Å²) >= 11 is 5.52. The van der Waals surface area contributed by atoms with E-state index in [9.17, 15) is 0 Å². The number of hydrogen-bond donors (Lipinski definition) is 1. The first-order valence-electron chi connectivity index (χ1n) is 6.80. The SMILES string of the molecule is Brc1ccsc1CC1(CNC2CC2)CCCOC1. The van der Waals surface area contributed by atoms with E-state index in [0.717, 1.165) is 32.2 Å². The Morgan fingerprint density at radius 1 is 1.50 bits per heavy atom. The van der Waals surface area contributed by atoms with Gasteiger partial charge in [0.2, 0.25) is 0 Å². The Morgan fingerprint density at radius 2 is 2.39 bits per heavy atom. The van der Waals surface area contributed by atoms with E-state index in [2.05, 4.69) is 32.7 Å². The molecule has 1 aliphatic heterocycles. The number of thiophene rings is 1. The van der Waals surface area contributed by atoms with Gasteiger partial charge in [0.1, 0.15) is 0 Å². The molecule has 1 unspecified atom stereocenters. The first-order chi connectivity index (χ1) is 8.77. The molecule has 2 aliphatic rings. The highest BCUT2D eigenvalue weighted by molar-refractivity contribution is 9.10. The average molecular weight is 330 g/mol. The van der Waals surface area contributed by atoms with Gasteiger partial charge in [0.15, 0.2) is 0 Å². The molecule has 2 nitrogen and oxygen atoms in total. The minimum atomic E-state index is 0.314. The number of hydrogen-bond acceptors (Lipinski definition) is 3. The van der Waals surface area contributed by atoms with Crippen molar-refractivity contribution in [1.82, 2.24) is 5.32 Å². The molecule has 0 radical (unpaired) electrons. The zero-order valence-electron chi connectivity index (χ0n) is 10.6. The van der Waals surface area contributed by atoms with Gasteiger partial charge in [0, 0.05) is 34.0 Å². The smallest absolute Gasteiger partial charge is 0.0538 e. The molecular formula is C14H20BrNOS. The van der Waals surface area contributed by atoms with Gasteiger partial charge in [0.05, 0.1) is 6.61 Å². The van der Waals surface area contributed by atoms with Crippen LogP contribution in [0.25, 0.3) is 0 Å². The lowest BCUT2D eigenvalue weighted by molar-refractivity contribution is -0.00700. The minimum absolute atomic E-state index is 0.314. The Balaban J connectivity index is 1.69. The topological polar surface area (TPSA) is 21.3 Å². The molecule has 1 aromatic rings. The van der Waals surface area contributed by atoms with Gasteiger partial charge in [-0.05, 0) is 59.5 Å². The third-order valence-electron chi connectivity index (χ3n) is 3.97. The highest BCUT2D eigenvalue weighted by Crippen LogP contribution is 2.37. The number of rotatable bonds is 5. The van der Waals surface area contributed by atoms with Crippen molar-refractivity contribution in [2.24, 2.45) is 5.41 Å². The molecule has 4 heteroatoms. The van der Waals surface area contributed by atoms with E-state index in [4.69, 9.17) is 4.74 Å². The molecular weight excluding hydrogens is 310 g/mol. The maximum absolute atomic E-state index is 5.78. The molecule has 0 spiro atoms. The zero-order chi connectivity index (χ0) is 12.4. The standard InChI is InChI=1S/C14H20BrNOS/c15-12-4-7-18-13(12)8-14(5-1-6-17-10-14)9-16-11-2-3-11/h4,7,11,16H,1-3,5-6,8-10H2. The molecule has 1 atom stereocenters. The highest BCUT2D eigenvalue weighted by atomic mass is 79.9. The number of halogens is 1. The Hall–Kier alpha value is 0.1000. The van der Waals surface area contributed by atoms with Crippen molar-refractivity contribution in [2.75, 3.05) is 19.8 Å². The molecule has 1 aliphatic carbocycles. The maximum atomic E-state index is 5.78. The van der Waals surface area contributed by atoms with Crippen LogP contribution < -0.4 is 5.32 Å². The van der Waals surface area contributed by atoms with Gasteiger partial charge in [-0.2, -0.15) is 0 Å². The third kappa shape index (κ3) is 3.16. The molecule has 2 fully saturated rings. The summed E-state index contributed by atoms with van der Waals surface area (Å²) in [6.07, 6.45) is 6.36. The van der Waals surface area contributed by atoms with Crippen LogP contribution in [0.1, 0.15) is 30.6 Å². The molecule has 1 saturated heterocycles. The molecule has 0 aromatic carbocycles. The molecule has 100 valence electrons. The van der Waals surface area contributed by atoms with Crippen LogP contribution in [0.5, 0.6) is 0 Å². The van der Waals surface area contributed by atoms with Crippen molar-refractivity contribution in [3.8, 4) is 0 Å². The summed E-state index contributed by atoms with van der Waals surface area (Å²) in [7, 11) is 0. The van der Waals surface area contributed by atoms with Gasteiger partial charge in [-0.3, -0.25) is 0 Å². The second-order valence-electron chi connectivity index (χ2n) is 5.68. The lowest BCUT2D eigenvalue weighted by Crippen LogP contribution is -2.43. The van der Waals surface area contributed by atoms with Gasteiger partial charge in [-0.15, -0.1) is 11.3 Å². The molecule has 0 bridgehead atoms. The number of nitrogens with one attached hydrogen (secondary N) is 1. The van der Waals surface area contributed by atoms with Crippen LogP contribution in [0.15, 0.2) is 15.9 Å². The fraction of sp³-hybridized carbons (Fsp3) is 0.714. The fourth-order valence-corrected chi connectivity index (χ4v) is 4.36. The maximum Gasteiger partial charge on any atom is 0.0538 e. The summed E-state index contributed by atoms with van der Waals surface area (Å²) in [5.74, 6) is 0. The normalized spacial score (nSPS) is 28.5. The fourth-order valence-electron chi connectivity index (χ4n) is 2.69. The second kappa shape index (κ2) is 5.61. The summed E-state index contributed by atoms with van der Waals surface area (Å²) in [5, 5.41) is 5.88. The molecule has 0 amide bonds. The summed E-state index contributed by atoms with van der Waals surface area (Å²) in [6.45, 7) is 2.97. The lowest BCUT2D eigenvalue weighted by Gasteiger charge is -2.37. The molecule has 18 heavy (non-hydrogen) atoms. The van der Waals surface area contributed by atoms with Gasteiger partial charge in [-0.25, -0.2) is 0 Å². The predicted molar refractivity (Wildman–Crippen MR) is 79.2 cm³/mol. The van der Waals surface area contributed by atoms with Gasteiger partial charge < -0.3 is 10.1 Å². The summed E-state index contributed by atoms with van der Waals surface area (Å²) in [5.41, 5.74) is 0.314. The van der Waals surface area contributed by atoms with Crippen molar-refractivity contribution in [3.05, 3.63) is 20.8 Å². The molecule has 2 heterocycles.